The molecular formula is C19H27NO2S. The number of rotatable bonds is 8. The van der Waals surface area contributed by atoms with Crippen LogP contribution in [-0.4, -0.2) is 12.4 Å². The van der Waals surface area contributed by atoms with Crippen LogP contribution in [0.3, 0.4) is 0 Å². The van der Waals surface area contributed by atoms with E-state index in [1.54, 1.807) is 18.3 Å². The molecule has 2 aromatic rings. The van der Waals surface area contributed by atoms with E-state index in [2.05, 4.69) is 13.8 Å². The third kappa shape index (κ3) is 4.25. The number of aromatic nitrogens is 1. The fraction of sp³-hybridized carbons (Fsp3) is 0.474. The maximum atomic E-state index is 12.9. The maximum Gasteiger partial charge on any atom is 0.267 e. The zero-order chi connectivity index (χ0) is 16.9. The molecule has 0 aliphatic rings. The van der Waals surface area contributed by atoms with Crippen LogP contribution < -0.4 is 0 Å². The monoisotopic (exact) mass is 333 g/mol. The van der Waals surface area contributed by atoms with E-state index in [1.165, 1.54) is 16.8 Å². The average Bonchev–Trinajstić information content (AvgIpc) is 2.96. The molecule has 0 amide bonds. The Morgan fingerprint density at radius 2 is 1.70 bits per heavy atom. The van der Waals surface area contributed by atoms with Gasteiger partial charge in [-0.2, -0.15) is 0 Å². The molecule has 0 radical (unpaired) electrons. The van der Waals surface area contributed by atoms with E-state index in [1.807, 2.05) is 25.1 Å². The van der Waals surface area contributed by atoms with Crippen molar-refractivity contribution in [3.8, 4) is 0 Å². The highest BCUT2D eigenvalue weighted by Crippen LogP contribution is 2.21. The molecule has 23 heavy (non-hydrogen) atoms. The largest absolute Gasteiger partial charge is 0.267 e. The summed E-state index contributed by atoms with van der Waals surface area (Å²) in [5.41, 5.74) is 3.04. The summed E-state index contributed by atoms with van der Waals surface area (Å²) in [5, 5.41) is 0. The molecule has 2 rings (SSSR count). The van der Waals surface area contributed by atoms with Gasteiger partial charge < -0.3 is 0 Å². The molecule has 4 heteroatoms. The minimum atomic E-state index is -3.50. The van der Waals surface area contributed by atoms with Crippen molar-refractivity contribution in [3.05, 3.63) is 53.3 Å². The summed E-state index contributed by atoms with van der Waals surface area (Å²) in [6, 6.07) is 9.11. The van der Waals surface area contributed by atoms with Crippen molar-refractivity contribution in [3.63, 3.8) is 0 Å². The van der Waals surface area contributed by atoms with Crippen LogP contribution in [0.15, 0.2) is 41.4 Å². The molecule has 0 atom stereocenters. The third-order valence-electron chi connectivity index (χ3n) is 4.19. The molecule has 126 valence electrons. The van der Waals surface area contributed by atoms with Crippen molar-refractivity contribution in [1.82, 2.24) is 3.97 Å². The number of aryl methyl sites for hydroxylation is 3. The highest BCUT2D eigenvalue weighted by Gasteiger charge is 2.20. The molecule has 1 heterocycles. The fourth-order valence-electron chi connectivity index (χ4n) is 2.70. The van der Waals surface area contributed by atoms with E-state index in [0.717, 1.165) is 42.5 Å². The van der Waals surface area contributed by atoms with E-state index >= 15 is 0 Å². The van der Waals surface area contributed by atoms with E-state index in [4.69, 9.17) is 0 Å². The van der Waals surface area contributed by atoms with Crippen molar-refractivity contribution in [2.75, 3.05) is 0 Å². The molecule has 1 aromatic carbocycles. The summed E-state index contributed by atoms with van der Waals surface area (Å²) in [6.07, 6.45) is 8.00. The second kappa shape index (κ2) is 7.82. The number of benzene rings is 1. The van der Waals surface area contributed by atoms with Crippen LogP contribution in [0.2, 0.25) is 0 Å². The van der Waals surface area contributed by atoms with Crippen LogP contribution in [0.25, 0.3) is 0 Å². The van der Waals surface area contributed by atoms with Gasteiger partial charge in [0.25, 0.3) is 10.0 Å². The zero-order valence-corrected chi connectivity index (χ0v) is 15.2. The molecule has 0 aliphatic heterocycles. The van der Waals surface area contributed by atoms with Crippen molar-refractivity contribution < 1.29 is 8.42 Å². The molecule has 0 saturated heterocycles. The van der Waals surface area contributed by atoms with Gasteiger partial charge in [0.1, 0.15) is 0 Å². The number of nitrogens with zero attached hydrogens (tertiary/aromatic N) is 1. The Kier molecular flexibility index (Phi) is 6.05. The van der Waals surface area contributed by atoms with Crippen LogP contribution in [-0.2, 0) is 22.9 Å². The molecule has 0 saturated carbocycles. The van der Waals surface area contributed by atoms with Gasteiger partial charge in [0, 0.05) is 11.9 Å². The predicted octanol–water partition coefficient (Wildman–Crippen LogP) is 4.72. The lowest BCUT2D eigenvalue weighted by Gasteiger charge is -2.11. The summed E-state index contributed by atoms with van der Waals surface area (Å²) >= 11 is 0. The van der Waals surface area contributed by atoms with Gasteiger partial charge in [0.15, 0.2) is 0 Å². The van der Waals surface area contributed by atoms with E-state index in [9.17, 15) is 8.42 Å². The van der Waals surface area contributed by atoms with Gasteiger partial charge in [0.05, 0.1) is 4.90 Å². The highest BCUT2D eigenvalue weighted by molar-refractivity contribution is 7.90. The van der Waals surface area contributed by atoms with Crippen LogP contribution in [0, 0.1) is 6.92 Å². The predicted molar refractivity (Wildman–Crippen MR) is 95.4 cm³/mol. The average molecular weight is 333 g/mol. The number of unbranched alkanes of at least 4 members (excludes halogenated alkanes) is 3. The van der Waals surface area contributed by atoms with Gasteiger partial charge in [-0.25, -0.2) is 12.4 Å². The lowest BCUT2D eigenvalue weighted by molar-refractivity contribution is 0.582. The quantitative estimate of drug-likeness (QED) is 0.656. The van der Waals surface area contributed by atoms with E-state index in [0.29, 0.717) is 4.90 Å². The summed E-state index contributed by atoms with van der Waals surface area (Å²) in [5.74, 6) is 0. The van der Waals surface area contributed by atoms with E-state index < -0.39 is 10.0 Å². The van der Waals surface area contributed by atoms with Crippen LogP contribution in [0.1, 0.15) is 56.4 Å². The summed E-state index contributed by atoms with van der Waals surface area (Å²) in [6.45, 7) is 6.19. The van der Waals surface area contributed by atoms with Crippen molar-refractivity contribution in [1.29, 1.82) is 0 Å². The number of hydrogen-bond donors (Lipinski definition) is 0. The molecule has 0 spiro atoms. The Morgan fingerprint density at radius 1 is 1.00 bits per heavy atom. The molecule has 0 fully saturated rings. The normalized spacial score (nSPS) is 11.8. The van der Waals surface area contributed by atoms with Crippen molar-refractivity contribution >= 4 is 10.0 Å². The van der Waals surface area contributed by atoms with Crippen molar-refractivity contribution in [2.24, 2.45) is 0 Å². The van der Waals surface area contributed by atoms with Gasteiger partial charge in [-0.1, -0.05) is 50.8 Å². The Balaban J connectivity index is 2.32. The SMILES string of the molecule is CCCCCCc1cc(CC)cn1S(=O)(=O)c1ccc(C)cc1. The Morgan fingerprint density at radius 3 is 2.30 bits per heavy atom. The number of hydrogen-bond acceptors (Lipinski definition) is 2. The van der Waals surface area contributed by atoms with Crippen molar-refractivity contribution in [2.45, 2.75) is 64.2 Å². The first-order valence-corrected chi connectivity index (χ1v) is 9.95. The second-order valence-corrected chi connectivity index (χ2v) is 7.93. The molecular weight excluding hydrogens is 306 g/mol. The smallest absolute Gasteiger partial charge is 0.246 e. The van der Waals surface area contributed by atoms with Gasteiger partial charge in [-0.15, -0.1) is 0 Å². The van der Waals surface area contributed by atoms with Gasteiger partial charge in [-0.05, 0) is 49.9 Å². The van der Waals surface area contributed by atoms with Gasteiger partial charge in [0.2, 0.25) is 0 Å². The third-order valence-corrected chi connectivity index (χ3v) is 5.92. The van der Waals surface area contributed by atoms with Gasteiger partial charge in [-0.3, -0.25) is 0 Å². The first kappa shape index (κ1) is 17.8. The van der Waals surface area contributed by atoms with Crippen LogP contribution >= 0.6 is 0 Å². The molecule has 3 nitrogen and oxygen atoms in total. The highest BCUT2D eigenvalue weighted by atomic mass is 32.2. The first-order valence-electron chi connectivity index (χ1n) is 8.51. The second-order valence-electron chi connectivity index (χ2n) is 6.12. The van der Waals surface area contributed by atoms with Gasteiger partial charge >= 0.3 is 0 Å². The van der Waals surface area contributed by atoms with Crippen LogP contribution in [0.5, 0.6) is 0 Å². The summed E-state index contributed by atoms with van der Waals surface area (Å²) in [4.78, 5) is 0.358. The molecule has 1 aromatic heterocycles. The zero-order valence-electron chi connectivity index (χ0n) is 14.4. The standard InChI is InChI=1S/C19H27NO2S/c1-4-6-7-8-9-18-14-17(5-2)15-20(18)23(21,22)19-12-10-16(3)11-13-19/h10-15H,4-9H2,1-3H3. The minimum Gasteiger partial charge on any atom is -0.246 e. The summed E-state index contributed by atoms with van der Waals surface area (Å²) < 4.78 is 27.4. The lowest BCUT2D eigenvalue weighted by atomic mass is 10.1. The maximum absolute atomic E-state index is 12.9. The van der Waals surface area contributed by atoms with Crippen LogP contribution in [0.4, 0.5) is 0 Å². The van der Waals surface area contributed by atoms with E-state index in [-0.39, 0.29) is 0 Å². The molecule has 0 bridgehead atoms. The lowest BCUT2D eigenvalue weighted by Crippen LogP contribution is -2.15. The molecule has 0 N–H and O–H groups in total. The molecule has 0 aliphatic carbocycles. The minimum absolute atomic E-state index is 0.358. The fourth-order valence-corrected chi connectivity index (χ4v) is 4.14. The first-order chi connectivity index (χ1) is 11.0. The topological polar surface area (TPSA) is 39.1 Å². The Bertz CT molecular complexity index is 727. The Hall–Kier alpha value is -1.55. The molecule has 0 unspecified atom stereocenters. The summed E-state index contributed by atoms with van der Waals surface area (Å²) in [7, 11) is -3.50. The Labute approximate surface area is 140 Å².